The van der Waals surface area contributed by atoms with Crippen molar-refractivity contribution in [1.29, 1.82) is 0 Å². The lowest BCUT2D eigenvalue weighted by atomic mass is 10.9. The highest BCUT2D eigenvalue weighted by atomic mass is 33.4. The van der Waals surface area contributed by atoms with Crippen LogP contribution in [0.15, 0.2) is 0 Å². The minimum absolute atomic E-state index is 0.557. The molecule has 0 aromatic rings. The molecule has 0 aromatic carbocycles. The summed E-state index contributed by atoms with van der Waals surface area (Å²) in [6.07, 6.45) is 1.79. The first-order chi connectivity index (χ1) is 5.68. The summed E-state index contributed by atoms with van der Waals surface area (Å²) < 4.78 is 19.3. The summed E-state index contributed by atoms with van der Waals surface area (Å²) in [7, 11) is 0. The topological polar surface area (TPSA) is 35.5 Å². The highest BCUT2D eigenvalue weighted by Crippen LogP contribution is 2.77. The van der Waals surface area contributed by atoms with Gasteiger partial charge in [0.25, 0.3) is 4.75 Å². The molecule has 0 bridgehead atoms. The van der Waals surface area contributed by atoms with E-state index in [9.17, 15) is 4.57 Å². The second kappa shape index (κ2) is 7.59. The molecule has 0 radical (unpaired) electrons. The fraction of sp³-hybridized carbons (Fsp3) is 1.00. The molecular weight excluding hydrogens is 235 g/mol. The van der Waals surface area contributed by atoms with E-state index < -0.39 is 4.75 Å². The Balaban J connectivity index is 3.79. The van der Waals surface area contributed by atoms with E-state index in [1.807, 2.05) is 13.8 Å². The van der Waals surface area contributed by atoms with Crippen LogP contribution < -0.4 is 0 Å². The molecule has 0 aliphatic carbocycles. The van der Waals surface area contributed by atoms with Crippen LogP contribution in [0.1, 0.15) is 13.8 Å². The Hall–Kier alpha value is 1.20. The largest absolute Gasteiger partial charge is 0.307 e. The van der Waals surface area contributed by atoms with E-state index in [0.29, 0.717) is 13.2 Å². The predicted octanol–water partition coefficient (Wildman–Crippen LogP) is 3.83. The highest BCUT2D eigenvalue weighted by Gasteiger charge is 2.24. The average molecular weight is 248 g/mol. The van der Waals surface area contributed by atoms with Gasteiger partial charge >= 0.3 is 0 Å². The second-order valence-electron chi connectivity index (χ2n) is 1.59. The maximum absolute atomic E-state index is 11.7. The van der Waals surface area contributed by atoms with Crippen LogP contribution in [-0.2, 0) is 12.9 Å². The molecule has 0 aliphatic rings. The molecule has 0 N–H and O–H groups in total. The molecule has 0 fully saturated rings. The van der Waals surface area contributed by atoms with E-state index >= 15 is 0 Å². The second-order valence-corrected chi connectivity index (χ2v) is 12.3. The molecule has 3 nitrogen and oxygen atoms in total. The standard InChI is InChI=1S/C5H13O3PS3/c1-4-7-11-9(6,10-3)12-8-5-2/h4-5H2,1-3H3. The van der Waals surface area contributed by atoms with Gasteiger partial charge in [-0.15, -0.1) is 0 Å². The maximum Gasteiger partial charge on any atom is 0.294 e. The smallest absolute Gasteiger partial charge is 0.294 e. The van der Waals surface area contributed by atoms with Crippen molar-refractivity contribution < 1.29 is 12.9 Å². The van der Waals surface area contributed by atoms with Gasteiger partial charge in [-0.3, -0.25) is 4.57 Å². The van der Waals surface area contributed by atoms with E-state index in [1.54, 1.807) is 6.26 Å². The van der Waals surface area contributed by atoms with Crippen molar-refractivity contribution in [3.8, 4) is 0 Å². The molecule has 0 aromatic heterocycles. The van der Waals surface area contributed by atoms with Crippen LogP contribution in [0.3, 0.4) is 0 Å². The lowest BCUT2D eigenvalue weighted by molar-refractivity contribution is 0.404. The Bertz CT molecular complexity index is 143. The third kappa shape index (κ3) is 5.78. The van der Waals surface area contributed by atoms with Gasteiger partial charge in [-0.05, 0) is 20.1 Å². The molecule has 0 rings (SSSR count). The SMILES string of the molecule is CCOSP(=O)(SC)SOCC. The van der Waals surface area contributed by atoms with Gasteiger partial charge in [-0.1, -0.05) is 11.4 Å². The van der Waals surface area contributed by atoms with Crippen LogP contribution in [0.2, 0.25) is 0 Å². The Morgan fingerprint density at radius 3 is 1.83 bits per heavy atom. The van der Waals surface area contributed by atoms with Crippen molar-refractivity contribution in [2.45, 2.75) is 13.8 Å². The molecule has 0 unspecified atom stereocenters. The highest BCUT2D eigenvalue weighted by molar-refractivity contribution is 9.13. The van der Waals surface area contributed by atoms with Gasteiger partial charge < -0.3 is 8.37 Å². The molecule has 7 heteroatoms. The lowest BCUT2D eigenvalue weighted by Crippen LogP contribution is -1.78. The summed E-state index contributed by atoms with van der Waals surface area (Å²) in [4.78, 5) is 0. The monoisotopic (exact) mass is 248 g/mol. The Morgan fingerprint density at radius 2 is 1.58 bits per heavy atom. The van der Waals surface area contributed by atoms with Crippen LogP contribution in [0.25, 0.3) is 0 Å². The van der Waals surface area contributed by atoms with Gasteiger partial charge in [-0.2, -0.15) is 0 Å². The van der Waals surface area contributed by atoms with Gasteiger partial charge in [0.05, 0.1) is 36.5 Å². The molecule has 0 amide bonds. The molecule has 0 saturated heterocycles. The normalized spacial score (nSPS) is 11.9. The zero-order valence-electron chi connectivity index (χ0n) is 7.31. The van der Waals surface area contributed by atoms with E-state index in [2.05, 4.69) is 0 Å². The van der Waals surface area contributed by atoms with E-state index in [0.717, 1.165) is 23.3 Å². The van der Waals surface area contributed by atoms with Crippen LogP contribution in [0.5, 0.6) is 0 Å². The van der Waals surface area contributed by atoms with E-state index in [4.69, 9.17) is 8.37 Å². The fourth-order valence-corrected chi connectivity index (χ4v) is 5.64. The molecule has 74 valence electrons. The molecule has 12 heavy (non-hydrogen) atoms. The molecule has 0 saturated carbocycles. The number of hydrogen-bond acceptors (Lipinski definition) is 6. The molecule has 0 aliphatic heterocycles. The van der Waals surface area contributed by atoms with Crippen LogP contribution in [-0.4, -0.2) is 19.5 Å². The third-order valence-corrected chi connectivity index (χ3v) is 10.2. The molecule has 0 spiro atoms. The summed E-state index contributed by atoms with van der Waals surface area (Å²) in [6, 6.07) is 0. The van der Waals surface area contributed by atoms with Crippen molar-refractivity contribution in [3.05, 3.63) is 0 Å². The van der Waals surface area contributed by atoms with Crippen molar-refractivity contribution in [2.75, 3.05) is 19.5 Å². The lowest BCUT2D eigenvalue weighted by Gasteiger charge is -2.10. The minimum atomic E-state index is -2.43. The van der Waals surface area contributed by atoms with Gasteiger partial charge in [0.1, 0.15) is 0 Å². The Morgan fingerprint density at radius 1 is 1.17 bits per heavy atom. The number of hydrogen-bond donors (Lipinski definition) is 0. The van der Waals surface area contributed by atoms with Crippen molar-refractivity contribution in [2.24, 2.45) is 0 Å². The average Bonchev–Trinajstić information content (AvgIpc) is 2.11. The minimum Gasteiger partial charge on any atom is -0.307 e. The van der Waals surface area contributed by atoms with Gasteiger partial charge in [0, 0.05) is 0 Å². The number of rotatable bonds is 7. The quantitative estimate of drug-likeness (QED) is 0.503. The summed E-state index contributed by atoms with van der Waals surface area (Å²) in [5, 5.41) is 0. The molecular formula is C5H13O3PS3. The van der Waals surface area contributed by atoms with E-state index in [1.165, 1.54) is 11.4 Å². The third-order valence-electron chi connectivity index (χ3n) is 0.747. The Labute approximate surface area is 85.7 Å². The van der Waals surface area contributed by atoms with Crippen LogP contribution in [0, 0.1) is 0 Å². The van der Waals surface area contributed by atoms with Crippen molar-refractivity contribution >= 4 is 39.5 Å². The molecule has 0 heterocycles. The van der Waals surface area contributed by atoms with E-state index in [-0.39, 0.29) is 0 Å². The summed E-state index contributed by atoms with van der Waals surface area (Å²) in [5.41, 5.74) is 0. The summed E-state index contributed by atoms with van der Waals surface area (Å²) in [6.45, 7) is 4.84. The van der Waals surface area contributed by atoms with Gasteiger partial charge in [0.15, 0.2) is 0 Å². The predicted molar refractivity (Wildman–Crippen MR) is 59.6 cm³/mol. The van der Waals surface area contributed by atoms with Gasteiger partial charge in [-0.25, -0.2) is 0 Å². The summed E-state index contributed by atoms with van der Waals surface area (Å²) in [5.74, 6) is 0. The molecule has 0 atom stereocenters. The van der Waals surface area contributed by atoms with Crippen LogP contribution >= 0.6 is 39.5 Å². The van der Waals surface area contributed by atoms with Crippen molar-refractivity contribution in [1.82, 2.24) is 0 Å². The zero-order chi connectivity index (χ0) is 9.45. The summed E-state index contributed by atoms with van der Waals surface area (Å²) >= 11 is 3.32. The van der Waals surface area contributed by atoms with Crippen LogP contribution in [0.4, 0.5) is 0 Å². The Kier molecular flexibility index (Phi) is 8.35. The first-order valence-electron chi connectivity index (χ1n) is 3.46. The maximum atomic E-state index is 11.7. The van der Waals surface area contributed by atoms with Gasteiger partial charge in [0.2, 0.25) is 0 Å². The van der Waals surface area contributed by atoms with Crippen molar-refractivity contribution in [3.63, 3.8) is 0 Å². The first kappa shape index (κ1) is 13.2. The first-order valence-corrected chi connectivity index (χ1v) is 9.69. The fourth-order valence-electron chi connectivity index (χ4n) is 0.308. The zero-order valence-corrected chi connectivity index (χ0v) is 10.7.